The van der Waals surface area contributed by atoms with Crippen molar-refractivity contribution in [3.63, 3.8) is 0 Å². The van der Waals surface area contributed by atoms with Gasteiger partial charge in [-0.1, -0.05) is 11.6 Å². The number of oxazole rings is 1. The highest BCUT2D eigenvalue weighted by atomic mass is 35.5. The zero-order chi connectivity index (χ0) is 21.3. The van der Waals surface area contributed by atoms with Crippen LogP contribution in [0.4, 0.5) is 18.9 Å². The normalized spacial score (nSPS) is 11.5. The lowest BCUT2D eigenvalue weighted by Gasteiger charge is -2.11. The Hall–Kier alpha value is -3.27. The predicted molar refractivity (Wildman–Crippen MR) is 96.9 cm³/mol. The van der Waals surface area contributed by atoms with Gasteiger partial charge in [-0.2, -0.15) is 13.2 Å². The highest BCUT2D eigenvalue weighted by Crippen LogP contribution is 2.33. The predicted octanol–water partition coefficient (Wildman–Crippen LogP) is 3.69. The third-order valence-electron chi connectivity index (χ3n) is 3.96. The maximum Gasteiger partial charge on any atom is 0.420 e. The minimum Gasteiger partial charge on any atom is -0.465 e. The number of amides is 1. The lowest BCUT2D eigenvalue weighted by molar-refractivity contribution is -0.137. The van der Waals surface area contributed by atoms with Gasteiger partial charge >= 0.3 is 17.9 Å². The number of carbonyl (C=O) groups is 2. The number of methoxy groups -OCH3 is 1. The molecule has 11 heteroatoms. The number of hydrogen-bond donors (Lipinski definition) is 1. The van der Waals surface area contributed by atoms with E-state index in [1.807, 2.05) is 0 Å². The molecule has 0 saturated carbocycles. The van der Waals surface area contributed by atoms with Gasteiger partial charge in [0.2, 0.25) is 5.91 Å². The van der Waals surface area contributed by atoms with Crippen molar-refractivity contribution in [2.45, 2.75) is 12.7 Å². The number of fused-ring (bicyclic) bond motifs is 1. The highest BCUT2D eigenvalue weighted by Gasteiger charge is 2.31. The van der Waals surface area contributed by atoms with Crippen LogP contribution in [0.3, 0.4) is 0 Å². The van der Waals surface area contributed by atoms with Crippen molar-refractivity contribution in [2.24, 2.45) is 0 Å². The first-order valence-electron chi connectivity index (χ1n) is 7.98. The Morgan fingerprint density at radius 3 is 2.59 bits per heavy atom. The Morgan fingerprint density at radius 1 is 1.21 bits per heavy atom. The van der Waals surface area contributed by atoms with Crippen LogP contribution in [0.2, 0.25) is 5.02 Å². The fourth-order valence-corrected chi connectivity index (χ4v) is 2.76. The number of aromatic nitrogens is 1. The van der Waals surface area contributed by atoms with Crippen molar-refractivity contribution in [3.05, 3.63) is 63.1 Å². The molecule has 3 aromatic rings. The van der Waals surface area contributed by atoms with Gasteiger partial charge in [0.25, 0.3) is 0 Å². The molecule has 0 atom stereocenters. The summed E-state index contributed by atoms with van der Waals surface area (Å²) < 4.78 is 49.1. The molecule has 152 valence electrons. The number of anilines is 1. The average Bonchev–Trinajstić information content (AvgIpc) is 2.96. The third kappa shape index (κ3) is 4.27. The summed E-state index contributed by atoms with van der Waals surface area (Å²) in [5.41, 5.74) is -0.837. The maximum atomic E-state index is 12.8. The number of benzene rings is 2. The van der Waals surface area contributed by atoms with Gasteiger partial charge in [0, 0.05) is 0 Å². The molecular formula is C18H12ClF3N2O5. The van der Waals surface area contributed by atoms with Crippen LogP contribution in [0.15, 0.2) is 45.6 Å². The standard InChI is InChI=1S/C18H12ClF3N2O5/c1-28-16(26)9-2-5-13-14(6-9)29-17(27)24(13)8-15(25)23-12-7-10(18(20,21)22)3-4-11(12)19/h2-7H,8H2,1H3,(H,23,25). The van der Waals surface area contributed by atoms with E-state index in [0.29, 0.717) is 6.07 Å². The molecule has 1 aromatic heterocycles. The van der Waals surface area contributed by atoms with Crippen molar-refractivity contribution in [1.29, 1.82) is 0 Å². The second-order valence-corrected chi connectivity index (χ2v) is 6.28. The maximum absolute atomic E-state index is 12.8. The fourth-order valence-electron chi connectivity index (χ4n) is 2.59. The second-order valence-electron chi connectivity index (χ2n) is 5.87. The summed E-state index contributed by atoms with van der Waals surface area (Å²) >= 11 is 5.85. The van der Waals surface area contributed by atoms with Crippen molar-refractivity contribution in [2.75, 3.05) is 12.4 Å². The number of ether oxygens (including phenoxy) is 1. The first kappa shape index (κ1) is 20.5. The van der Waals surface area contributed by atoms with Crippen molar-refractivity contribution >= 4 is 40.3 Å². The van der Waals surface area contributed by atoms with Crippen LogP contribution in [0, 0.1) is 0 Å². The summed E-state index contributed by atoms with van der Waals surface area (Å²) in [7, 11) is 1.19. The number of carbonyl (C=O) groups excluding carboxylic acids is 2. The Morgan fingerprint density at radius 2 is 1.93 bits per heavy atom. The Labute approximate surface area is 165 Å². The second kappa shape index (κ2) is 7.63. The van der Waals surface area contributed by atoms with Gasteiger partial charge in [-0.25, -0.2) is 9.59 Å². The van der Waals surface area contributed by atoms with E-state index >= 15 is 0 Å². The number of halogens is 4. The molecule has 0 radical (unpaired) electrons. The Balaban J connectivity index is 1.86. The van der Waals surface area contributed by atoms with E-state index in [1.54, 1.807) is 0 Å². The molecule has 0 unspecified atom stereocenters. The van der Waals surface area contributed by atoms with Crippen LogP contribution in [0.1, 0.15) is 15.9 Å². The van der Waals surface area contributed by atoms with E-state index in [9.17, 15) is 27.6 Å². The largest absolute Gasteiger partial charge is 0.465 e. The smallest absolute Gasteiger partial charge is 0.420 e. The molecule has 7 nitrogen and oxygen atoms in total. The number of hydrogen-bond acceptors (Lipinski definition) is 5. The number of rotatable bonds is 4. The summed E-state index contributed by atoms with van der Waals surface area (Å²) in [6.07, 6.45) is -4.61. The summed E-state index contributed by atoms with van der Waals surface area (Å²) in [4.78, 5) is 35.9. The van der Waals surface area contributed by atoms with E-state index in [2.05, 4.69) is 10.1 Å². The minimum absolute atomic E-state index is 0.0443. The molecule has 29 heavy (non-hydrogen) atoms. The Bertz CT molecular complexity index is 1170. The Kier molecular flexibility index (Phi) is 5.38. The molecule has 0 aliphatic rings. The lowest BCUT2D eigenvalue weighted by Crippen LogP contribution is -2.25. The molecule has 1 amide bonds. The van der Waals surface area contributed by atoms with Gasteiger partial charge in [-0.15, -0.1) is 0 Å². The van der Waals surface area contributed by atoms with Gasteiger partial charge in [-0.3, -0.25) is 9.36 Å². The number of nitrogens with one attached hydrogen (secondary N) is 1. The third-order valence-corrected chi connectivity index (χ3v) is 4.29. The number of alkyl halides is 3. The number of nitrogens with zero attached hydrogens (tertiary/aromatic N) is 1. The van der Waals surface area contributed by atoms with Crippen LogP contribution in [-0.2, 0) is 22.3 Å². The van der Waals surface area contributed by atoms with Crippen LogP contribution < -0.4 is 11.1 Å². The molecule has 1 N–H and O–H groups in total. The summed E-state index contributed by atoms with van der Waals surface area (Å²) in [6.45, 7) is -0.546. The van der Waals surface area contributed by atoms with Gasteiger partial charge in [0.15, 0.2) is 5.58 Å². The highest BCUT2D eigenvalue weighted by molar-refractivity contribution is 6.33. The van der Waals surface area contributed by atoms with Gasteiger partial charge in [-0.05, 0) is 36.4 Å². The zero-order valence-electron chi connectivity index (χ0n) is 14.7. The van der Waals surface area contributed by atoms with E-state index < -0.39 is 35.9 Å². The molecule has 3 rings (SSSR count). The van der Waals surface area contributed by atoms with Gasteiger partial charge in [0.1, 0.15) is 6.54 Å². The molecule has 0 aliphatic heterocycles. The van der Waals surface area contributed by atoms with Gasteiger partial charge in [0.05, 0.1) is 34.5 Å². The molecule has 0 fully saturated rings. The lowest BCUT2D eigenvalue weighted by atomic mass is 10.2. The quantitative estimate of drug-likeness (QED) is 0.640. The summed E-state index contributed by atoms with van der Waals surface area (Å²) in [5, 5.41) is 2.15. The molecule has 0 spiro atoms. The van der Waals surface area contributed by atoms with Crippen LogP contribution in [0.5, 0.6) is 0 Å². The van der Waals surface area contributed by atoms with Crippen molar-refractivity contribution in [3.8, 4) is 0 Å². The van der Waals surface area contributed by atoms with E-state index in [-0.39, 0.29) is 27.4 Å². The average molecular weight is 429 g/mol. The van der Waals surface area contributed by atoms with Crippen LogP contribution >= 0.6 is 11.6 Å². The fraction of sp³-hybridized carbons (Fsp3) is 0.167. The van der Waals surface area contributed by atoms with Crippen LogP contribution in [-0.4, -0.2) is 23.6 Å². The first-order valence-corrected chi connectivity index (χ1v) is 8.36. The summed E-state index contributed by atoms with van der Waals surface area (Å²) in [5.74, 6) is -2.32. The monoisotopic (exact) mass is 428 g/mol. The van der Waals surface area contributed by atoms with E-state index in [1.165, 1.54) is 25.3 Å². The molecule has 0 saturated heterocycles. The van der Waals surface area contributed by atoms with Gasteiger partial charge < -0.3 is 14.5 Å². The van der Waals surface area contributed by atoms with Crippen molar-refractivity contribution in [1.82, 2.24) is 4.57 Å². The van der Waals surface area contributed by atoms with E-state index in [4.69, 9.17) is 16.0 Å². The SMILES string of the molecule is COC(=O)c1ccc2c(c1)oc(=O)n2CC(=O)Nc1cc(C(F)(F)F)ccc1Cl. The molecule has 0 bridgehead atoms. The summed E-state index contributed by atoms with van der Waals surface area (Å²) in [6, 6.07) is 6.52. The first-order chi connectivity index (χ1) is 13.6. The van der Waals surface area contributed by atoms with E-state index in [0.717, 1.165) is 16.7 Å². The van der Waals surface area contributed by atoms with Crippen LogP contribution in [0.25, 0.3) is 11.1 Å². The topological polar surface area (TPSA) is 90.5 Å². The number of esters is 1. The molecular weight excluding hydrogens is 417 g/mol. The van der Waals surface area contributed by atoms with Crippen molar-refractivity contribution < 1.29 is 31.9 Å². The molecule has 0 aliphatic carbocycles. The minimum atomic E-state index is -4.61. The zero-order valence-corrected chi connectivity index (χ0v) is 15.4. The molecule has 2 aromatic carbocycles. The molecule has 1 heterocycles.